The van der Waals surface area contributed by atoms with Crippen molar-refractivity contribution in [3.8, 4) is 0 Å². The molecule has 0 saturated carbocycles. The number of hydrogen-bond acceptors (Lipinski definition) is 3. The lowest BCUT2D eigenvalue weighted by Gasteiger charge is -2.04. The molecule has 0 spiro atoms. The second-order valence-corrected chi connectivity index (χ2v) is 5.09. The smallest absolute Gasteiger partial charge is 0.267 e. The summed E-state index contributed by atoms with van der Waals surface area (Å²) in [6.07, 6.45) is 0. The van der Waals surface area contributed by atoms with Crippen LogP contribution in [0, 0.1) is 13.8 Å². The number of rotatable bonds is 7. The summed E-state index contributed by atoms with van der Waals surface area (Å²) in [6.45, 7) is 6.16. The Kier molecular flexibility index (Phi) is 5.36. The molecule has 0 aliphatic heterocycles. The number of amides is 1. The molecular weight excluding hydrogens is 268 g/mol. The van der Waals surface area contributed by atoms with Gasteiger partial charge in [0.2, 0.25) is 0 Å². The van der Waals surface area contributed by atoms with Crippen LogP contribution >= 0.6 is 0 Å². The monoisotopic (exact) mass is 290 g/mol. The Balaban J connectivity index is 1.92. The highest BCUT2D eigenvalue weighted by Crippen LogP contribution is 2.21. The van der Waals surface area contributed by atoms with Gasteiger partial charge < -0.3 is 19.8 Å². The number of ether oxygens (including phenoxy) is 2. The maximum absolute atomic E-state index is 12.1. The maximum Gasteiger partial charge on any atom is 0.267 e. The summed E-state index contributed by atoms with van der Waals surface area (Å²) >= 11 is 0. The van der Waals surface area contributed by atoms with E-state index in [4.69, 9.17) is 9.47 Å². The third-order valence-electron chi connectivity index (χ3n) is 3.30. The molecule has 21 heavy (non-hydrogen) atoms. The van der Waals surface area contributed by atoms with E-state index in [0.717, 1.165) is 10.9 Å². The topological polar surface area (TPSA) is 63.4 Å². The van der Waals surface area contributed by atoms with E-state index in [2.05, 4.69) is 23.3 Å². The molecule has 2 N–H and O–H groups in total. The lowest BCUT2D eigenvalue weighted by atomic mass is 10.1. The Hall–Kier alpha value is -1.85. The third kappa shape index (κ3) is 4.06. The van der Waals surface area contributed by atoms with Crippen LogP contribution in [0.25, 0.3) is 10.9 Å². The van der Waals surface area contributed by atoms with Crippen LogP contribution in [0.4, 0.5) is 0 Å². The summed E-state index contributed by atoms with van der Waals surface area (Å²) in [5, 5.41) is 3.92. The first kappa shape index (κ1) is 15.5. The van der Waals surface area contributed by atoms with Gasteiger partial charge >= 0.3 is 0 Å². The van der Waals surface area contributed by atoms with E-state index < -0.39 is 0 Å². The van der Waals surface area contributed by atoms with Gasteiger partial charge in [-0.05, 0) is 37.1 Å². The van der Waals surface area contributed by atoms with Gasteiger partial charge in [0, 0.05) is 24.6 Å². The summed E-state index contributed by atoms with van der Waals surface area (Å²) in [5.74, 6) is -0.112. The molecule has 2 aromatic rings. The summed E-state index contributed by atoms with van der Waals surface area (Å²) in [4.78, 5) is 15.2. The summed E-state index contributed by atoms with van der Waals surface area (Å²) in [7, 11) is 1.63. The Bertz CT molecular complexity index is 619. The quantitative estimate of drug-likeness (QED) is 0.768. The molecule has 0 saturated heterocycles. The van der Waals surface area contributed by atoms with Crippen LogP contribution in [0.1, 0.15) is 21.6 Å². The zero-order valence-corrected chi connectivity index (χ0v) is 12.8. The Morgan fingerprint density at radius 2 is 2.00 bits per heavy atom. The molecule has 0 atom stereocenters. The highest BCUT2D eigenvalue weighted by atomic mass is 16.5. The van der Waals surface area contributed by atoms with Gasteiger partial charge in [-0.1, -0.05) is 6.07 Å². The number of H-pyrrole nitrogens is 1. The molecule has 5 heteroatoms. The fourth-order valence-corrected chi connectivity index (χ4v) is 2.30. The van der Waals surface area contributed by atoms with E-state index in [1.807, 2.05) is 19.1 Å². The summed E-state index contributed by atoms with van der Waals surface area (Å²) < 4.78 is 10.2. The predicted octanol–water partition coefficient (Wildman–Crippen LogP) is 2.18. The van der Waals surface area contributed by atoms with Crippen molar-refractivity contribution in [3.63, 3.8) is 0 Å². The number of benzene rings is 1. The van der Waals surface area contributed by atoms with E-state index in [1.54, 1.807) is 7.11 Å². The molecule has 0 radical (unpaired) electrons. The Labute approximate surface area is 124 Å². The molecular formula is C16H22N2O3. The van der Waals surface area contributed by atoms with E-state index >= 15 is 0 Å². The van der Waals surface area contributed by atoms with Gasteiger partial charge in [0.25, 0.3) is 5.91 Å². The minimum atomic E-state index is -0.112. The molecule has 2 rings (SSSR count). The van der Waals surface area contributed by atoms with Crippen molar-refractivity contribution in [3.05, 3.63) is 35.0 Å². The van der Waals surface area contributed by atoms with Gasteiger partial charge in [0.15, 0.2) is 0 Å². The molecule has 0 fully saturated rings. The number of aromatic nitrogens is 1. The molecule has 114 valence electrons. The number of carbonyl (C=O) groups excluding carboxylic acids is 1. The Morgan fingerprint density at radius 3 is 2.76 bits per heavy atom. The zero-order chi connectivity index (χ0) is 15.2. The van der Waals surface area contributed by atoms with Crippen molar-refractivity contribution in [2.24, 2.45) is 0 Å². The van der Waals surface area contributed by atoms with Crippen molar-refractivity contribution in [1.82, 2.24) is 10.3 Å². The first-order valence-corrected chi connectivity index (χ1v) is 7.06. The van der Waals surface area contributed by atoms with E-state index in [0.29, 0.717) is 32.1 Å². The van der Waals surface area contributed by atoms with Crippen LogP contribution in [0.2, 0.25) is 0 Å². The number of nitrogens with one attached hydrogen (secondary N) is 2. The van der Waals surface area contributed by atoms with Gasteiger partial charge in [-0.15, -0.1) is 0 Å². The first-order chi connectivity index (χ1) is 10.1. The van der Waals surface area contributed by atoms with Crippen LogP contribution in [0.5, 0.6) is 0 Å². The highest BCUT2D eigenvalue weighted by Gasteiger charge is 2.10. The van der Waals surface area contributed by atoms with E-state index in [1.165, 1.54) is 11.1 Å². The number of aromatic amines is 1. The van der Waals surface area contributed by atoms with E-state index in [-0.39, 0.29) is 5.91 Å². The third-order valence-corrected chi connectivity index (χ3v) is 3.30. The molecule has 0 aliphatic carbocycles. The van der Waals surface area contributed by atoms with Gasteiger partial charge in [-0.2, -0.15) is 0 Å². The minimum Gasteiger partial charge on any atom is -0.382 e. The SMILES string of the molecule is COCCOCCNC(=O)c1cc2c(C)cc(C)cc2[nH]1. The Morgan fingerprint density at radius 1 is 1.19 bits per heavy atom. The number of carbonyl (C=O) groups is 1. The maximum atomic E-state index is 12.1. The van der Waals surface area contributed by atoms with Gasteiger partial charge in [0.1, 0.15) is 5.69 Å². The predicted molar refractivity (Wildman–Crippen MR) is 82.8 cm³/mol. The van der Waals surface area contributed by atoms with Crippen molar-refractivity contribution < 1.29 is 14.3 Å². The van der Waals surface area contributed by atoms with Gasteiger partial charge in [-0.3, -0.25) is 4.79 Å². The molecule has 1 amide bonds. The van der Waals surface area contributed by atoms with Gasteiger partial charge in [0.05, 0.1) is 19.8 Å². The van der Waals surface area contributed by atoms with Crippen molar-refractivity contribution in [2.45, 2.75) is 13.8 Å². The highest BCUT2D eigenvalue weighted by molar-refractivity contribution is 5.98. The standard InChI is InChI=1S/C16H22N2O3/c1-11-8-12(2)13-10-15(18-14(13)9-11)16(19)17-4-5-21-7-6-20-3/h8-10,18H,4-7H2,1-3H3,(H,17,19). The number of fused-ring (bicyclic) bond motifs is 1. The fourth-order valence-electron chi connectivity index (χ4n) is 2.30. The molecule has 1 aromatic carbocycles. The zero-order valence-electron chi connectivity index (χ0n) is 12.8. The van der Waals surface area contributed by atoms with E-state index in [9.17, 15) is 4.79 Å². The normalized spacial score (nSPS) is 11.0. The van der Waals surface area contributed by atoms with Crippen molar-refractivity contribution >= 4 is 16.8 Å². The van der Waals surface area contributed by atoms with Crippen molar-refractivity contribution in [1.29, 1.82) is 0 Å². The van der Waals surface area contributed by atoms with Crippen molar-refractivity contribution in [2.75, 3.05) is 33.5 Å². The average Bonchev–Trinajstić information content (AvgIpc) is 2.86. The number of hydrogen-bond donors (Lipinski definition) is 2. The lowest BCUT2D eigenvalue weighted by molar-refractivity contribution is 0.0692. The number of methoxy groups -OCH3 is 1. The second kappa shape index (κ2) is 7.24. The fraction of sp³-hybridized carbons (Fsp3) is 0.438. The molecule has 1 aromatic heterocycles. The minimum absolute atomic E-state index is 0.112. The average molecular weight is 290 g/mol. The molecule has 0 unspecified atom stereocenters. The number of aryl methyl sites for hydroxylation is 2. The summed E-state index contributed by atoms with van der Waals surface area (Å²) in [6, 6.07) is 6.06. The molecule has 5 nitrogen and oxygen atoms in total. The second-order valence-electron chi connectivity index (χ2n) is 5.09. The lowest BCUT2D eigenvalue weighted by Crippen LogP contribution is -2.27. The molecule has 0 aliphatic rings. The largest absolute Gasteiger partial charge is 0.382 e. The molecule has 0 bridgehead atoms. The van der Waals surface area contributed by atoms with Crippen LogP contribution in [0.15, 0.2) is 18.2 Å². The summed E-state index contributed by atoms with van der Waals surface area (Å²) in [5.41, 5.74) is 3.92. The van der Waals surface area contributed by atoms with Crippen LogP contribution in [-0.4, -0.2) is 44.4 Å². The molecule has 1 heterocycles. The van der Waals surface area contributed by atoms with Gasteiger partial charge in [-0.25, -0.2) is 0 Å². The van der Waals surface area contributed by atoms with Crippen LogP contribution in [0.3, 0.4) is 0 Å². The van der Waals surface area contributed by atoms with Crippen LogP contribution in [-0.2, 0) is 9.47 Å². The van der Waals surface area contributed by atoms with Crippen LogP contribution < -0.4 is 5.32 Å². The first-order valence-electron chi connectivity index (χ1n) is 7.06.